The standard InChI is InChI=1S/C17H15N3O2S/c1-9-11-4-2-3-5-14(11)23-15(9)16(21)18-10-6-7-12-13(8-10)20-17(22)19-12/h2-8,17,19-20,22H,1H3,(H,18,21). The quantitative estimate of drug-likeness (QED) is 0.581. The first-order valence-electron chi connectivity index (χ1n) is 7.26. The zero-order valence-electron chi connectivity index (χ0n) is 12.4. The van der Waals surface area contributed by atoms with Crippen LogP contribution in [0.4, 0.5) is 17.1 Å². The fourth-order valence-corrected chi connectivity index (χ4v) is 3.88. The van der Waals surface area contributed by atoms with Gasteiger partial charge in [0.25, 0.3) is 5.91 Å². The Hall–Kier alpha value is -2.57. The van der Waals surface area contributed by atoms with E-state index < -0.39 is 6.35 Å². The van der Waals surface area contributed by atoms with Gasteiger partial charge < -0.3 is 21.1 Å². The second-order valence-electron chi connectivity index (χ2n) is 5.46. The number of aliphatic hydroxyl groups excluding tert-OH is 1. The predicted octanol–water partition coefficient (Wildman–Crippen LogP) is 3.58. The molecule has 1 unspecified atom stereocenters. The average Bonchev–Trinajstić information content (AvgIpc) is 3.07. The van der Waals surface area contributed by atoms with Crippen molar-refractivity contribution in [2.45, 2.75) is 13.3 Å². The molecule has 1 amide bonds. The van der Waals surface area contributed by atoms with Crippen LogP contribution in [0, 0.1) is 6.92 Å². The van der Waals surface area contributed by atoms with Gasteiger partial charge in [0, 0.05) is 10.4 Å². The van der Waals surface area contributed by atoms with Gasteiger partial charge in [-0.2, -0.15) is 0 Å². The summed E-state index contributed by atoms with van der Waals surface area (Å²) in [4.78, 5) is 13.3. The Bertz CT molecular complexity index is 919. The minimum atomic E-state index is -0.791. The van der Waals surface area contributed by atoms with E-state index in [0.29, 0.717) is 5.69 Å². The van der Waals surface area contributed by atoms with Gasteiger partial charge in [-0.1, -0.05) is 18.2 Å². The molecule has 1 aliphatic rings. The lowest BCUT2D eigenvalue weighted by Crippen LogP contribution is -2.20. The normalized spacial score (nSPS) is 15.8. The van der Waals surface area contributed by atoms with Gasteiger partial charge in [0.2, 0.25) is 6.35 Å². The second-order valence-corrected chi connectivity index (χ2v) is 6.51. The maximum absolute atomic E-state index is 12.6. The number of hydrogen-bond donors (Lipinski definition) is 4. The number of fused-ring (bicyclic) bond motifs is 2. The number of carbonyl (C=O) groups excluding carboxylic acids is 1. The summed E-state index contributed by atoms with van der Waals surface area (Å²) in [6.45, 7) is 1.97. The fraction of sp³-hybridized carbons (Fsp3) is 0.118. The largest absolute Gasteiger partial charge is 0.357 e. The number of carbonyl (C=O) groups is 1. The van der Waals surface area contributed by atoms with Crippen molar-refractivity contribution >= 4 is 44.4 Å². The molecule has 4 N–H and O–H groups in total. The number of thiophene rings is 1. The number of benzene rings is 2. The maximum Gasteiger partial charge on any atom is 0.266 e. The third-order valence-corrected chi connectivity index (χ3v) is 5.18. The Balaban J connectivity index is 1.62. The van der Waals surface area contributed by atoms with Gasteiger partial charge in [0.05, 0.1) is 16.3 Å². The molecule has 1 atom stereocenters. The van der Waals surface area contributed by atoms with Gasteiger partial charge >= 0.3 is 0 Å². The van der Waals surface area contributed by atoms with Crippen LogP contribution in [0.1, 0.15) is 15.2 Å². The molecule has 0 spiro atoms. The van der Waals surface area contributed by atoms with Crippen molar-refractivity contribution in [3.8, 4) is 0 Å². The lowest BCUT2D eigenvalue weighted by Gasteiger charge is -2.06. The molecule has 116 valence electrons. The lowest BCUT2D eigenvalue weighted by atomic mass is 10.1. The molecule has 3 aromatic rings. The van der Waals surface area contributed by atoms with E-state index in [1.807, 2.05) is 43.3 Å². The molecule has 2 aromatic carbocycles. The van der Waals surface area contributed by atoms with Crippen molar-refractivity contribution in [2.24, 2.45) is 0 Å². The Morgan fingerprint density at radius 3 is 2.78 bits per heavy atom. The second kappa shape index (κ2) is 5.26. The molecule has 0 saturated carbocycles. The van der Waals surface area contributed by atoms with E-state index in [1.54, 1.807) is 6.07 Å². The first-order chi connectivity index (χ1) is 11.1. The van der Waals surface area contributed by atoms with Crippen LogP contribution in [0.2, 0.25) is 0 Å². The minimum Gasteiger partial charge on any atom is -0.357 e. The topological polar surface area (TPSA) is 73.4 Å². The molecular weight excluding hydrogens is 310 g/mol. The molecule has 0 fully saturated rings. The van der Waals surface area contributed by atoms with Crippen LogP contribution in [0.5, 0.6) is 0 Å². The van der Waals surface area contributed by atoms with Crippen molar-refractivity contribution in [1.82, 2.24) is 0 Å². The zero-order chi connectivity index (χ0) is 16.0. The molecule has 5 nitrogen and oxygen atoms in total. The van der Waals surface area contributed by atoms with Gasteiger partial charge in [0.15, 0.2) is 0 Å². The van der Waals surface area contributed by atoms with Gasteiger partial charge in [-0.3, -0.25) is 4.79 Å². The third kappa shape index (κ3) is 2.42. The van der Waals surface area contributed by atoms with Gasteiger partial charge in [-0.15, -0.1) is 11.3 Å². The van der Waals surface area contributed by atoms with E-state index >= 15 is 0 Å². The monoisotopic (exact) mass is 325 g/mol. The molecule has 1 aliphatic heterocycles. The number of hydrogen-bond acceptors (Lipinski definition) is 5. The van der Waals surface area contributed by atoms with Crippen molar-refractivity contribution in [3.05, 3.63) is 52.9 Å². The number of nitrogens with one attached hydrogen (secondary N) is 3. The summed E-state index contributed by atoms with van der Waals surface area (Å²) in [6, 6.07) is 13.5. The summed E-state index contributed by atoms with van der Waals surface area (Å²) < 4.78 is 1.11. The van der Waals surface area contributed by atoms with Crippen LogP contribution in [-0.4, -0.2) is 17.4 Å². The summed E-state index contributed by atoms with van der Waals surface area (Å²) in [6.07, 6.45) is -0.791. The summed E-state index contributed by atoms with van der Waals surface area (Å²) in [5, 5.41) is 19.3. The molecule has 1 aromatic heterocycles. The summed E-state index contributed by atoms with van der Waals surface area (Å²) in [7, 11) is 0. The third-order valence-electron chi connectivity index (χ3n) is 3.91. The van der Waals surface area contributed by atoms with E-state index in [4.69, 9.17) is 0 Å². The van der Waals surface area contributed by atoms with Crippen LogP contribution in [0.25, 0.3) is 10.1 Å². The van der Waals surface area contributed by atoms with Crippen molar-refractivity contribution < 1.29 is 9.90 Å². The number of anilines is 3. The van der Waals surface area contributed by atoms with E-state index in [9.17, 15) is 9.90 Å². The van der Waals surface area contributed by atoms with Gasteiger partial charge in [0.1, 0.15) is 0 Å². The average molecular weight is 325 g/mol. The zero-order valence-corrected chi connectivity index (χ0v) is 13.2. The van der Waals surface area contributed by atoms with E-state index in [0.717, 1.165) is 31.9 Å². The van der Waals surface area contributed by atoms with Crippen molar-refractivity contribution in [2.75, 3.05) is 16.0 Å². The van der Waals surface area contributed by atoms with E-state index in [-0.39, 0.29) is 5.91 Å². The van der Waals surface area contributed by atoms with Crippen molar-refractivity contribution in [1.29, 1.82) is 0 Å². The molecule has 23 heavy (non-hydrogen) atoms. The molecule has 0 radical (unpaired) electrons. The number of aryl methyl sites for hydroxylation is 1. The van der Waals surface area contributed by atoms with E-state index in [1.165, 1.54) is 11.3 Å². The minimum absolute atomic E-state index is 0.116. The first kappa shape index (κ1) is 14.0. The molecule has 4 rings (SSSR count). The maximum atomic E-state index is 12.6. The van der Waals surface area contributed by atoms with Crippen LogP contribution in [-0.2, 0) is 0 Å². The highest BCUT2D eigenvalue weighted by atomic mass is 32.1. The highest BCUT2D eigenvalue weighted by molar-refractivity contribution is 7.21. The summed E-state index contributed by atoms with van der Waals surface area (Å²) >= 11 is 1.50. The summed E-state index contributed by atoms with van der Waals surface area (Å²) in [5.74, 6) is -0.116. The molecule has 0 aliphatic carbocycles. The first-order valence-corrected chi connectivity index (χ1v) is 8.08. The van der Waals surface area contributed by atoms with E-state index in [2.05, 4.69) is 16.0 Å². The molecule has 0 saturated heterocycles. The number of aliphatic hydroxyl groups is 1. The Kier molecular flexibility index (Phi) is 3.21. The van der Waals surface area contributed by atoms with Gasteiger partial charge in [-0.25, -0.2) is 0 Å². The van der Waals surface area contributed by atoms with Crippen LogP contribution in [0.15, 0.2) is 42.5 Å². The van der Waals surface area contributed by atoms with Crippen LogP contribution in [0.3, 0.4) is 0 Å². The van der Waals surface area contributed by atoms with Crippen LogP contribution < -0.4 is 16.0 Å². The smallest absolute Gasteiger partial charge is 0.266 e. The SMILES string of the molecule is Cc1c(C(=O)Nc2ccc3c(c2)NC(O)N3)sc2ccccc12. The Labute approximate surface area is 137 Å². The summed E-state index contributed by atoms with van der Waals surface area (Å²) in [5.41, 5.74) is 3.27. The highest BCUT2D eigenvalue weighted by Gasteiger charge is 2.19. The number of rotatable bonds is 2. The Morgan fingerprint density at radius 1 is 1.17 bits per heavy atom. The highest BCUT2D eigenvalue weighted by Crippen LogP contribution is 2.33. The predicted molar refractivity (Wildman–Crippen MR) is 94.2 cm³/mol. The lowest BCUT2D eigenvalue weighted by molar-refractivity contribution is 0.103. The molecule has 2 heterocycles. The number of amides is 1. The van der Waals surface area contributed by atoms with Crippen molar-refractivity contribution in [3.63, 3.8) is 0 Å². The molecule has 0 bridgehead atoms. The fourth-order valence-electron chi connectivity index (χ4n) is 2.78. The van der Waals surface area contributed by atoms with Crippen LogP contribution >= 0.6 is 11.3 Å². The molecule has 6 heteroatoms. The molecular formula is C17H15N3O2S. The van der Waals surface area contributed by atoms with Gasteiger partial charge in [-0.05, 0) is 42.1 Å². The Morgan fingerprint density at radius 2 is 1.96 bits per heavy atom.